The molecule has 7 heteroatoms. The Balaban J connectivity index is 1.36. The van der Waals surface area contributed by atoms with E-state index in [9.17, 15) is 4.79 Å². The SMILES string of the molecule is O=c1c2ccc(N3CCN(c4ncccn4)CC3)cc2ncn1C1CCCC1. The van der Waals surface area contributed by atoms with Gasteiger partial charge in [0, 0.05) is 50.3 Å². The summed E-state index contributed by atoms with van der Waals surface area (Å²) in [6.45, 7) is 3.53. The average Bonchev–Trinajstić information content (AvgIpc) is 3.29. The van der Waals surface area contributed by atoms with E-state index in [2.05, 4.69) is 30.8 Å². The Morgan fingerprint density at radius 2 is 1.61 bits per heavy atom. The van der Waals surface area contributed by atoms with Gasteiger partial charge in [-0.25, -0.2) is 15.0 Å². The highest BCUT2D eigenvalue weighted by atomic mass is 16.1. The lowest BCUT2D eigenvalue weighted by atomic mass is 10.1. The van der Waals surface area contributed by atoms with Crippen molar-refractivity contribution in [1.82, 2.24) is 19.5 Å². The molecule has 1 aliphatic carbocycles. The van der Waals surface area contributed by atoms with Crippen LogP contribution >= 0.6 is 0 Å². The number of hydrogen-bond acceptors (Lipinski definition) is 6. The smallest absolute Gasteiger partial charge is 0.261 e. The summed E-state index contributed by atoms with van der Waals surface area (Å²) in [5, 5.41) is 0.717. The van der Waals surface area contributed by atoms with Gasteiger partial charge in [-0.2, -0.15) is 0 Å². The second kappa shape index (κ2) is 7.22. The predicted octanol–water partition coefficient (Wildman–Crippen LogP) is 2.63. The Bertz CT molecular complexity index is 1020. The summed E-state index contributed by atoms with van der Waals surface area (Å²) in [5.41, 5.74) is 1.99. The normalized spacial score (nSPS) is 18.1. The van der Waals surface area contributed by atoms with Gasteiger partial charge in [0.1, 0.15) is 0 Å². The van der Waals surface area contributed by atoms with E-state index in [0.29, 0.717) is 6.04 Å². The van der Waals surface area contributed by atoms with Crippen LogP contribution in [-0.2, 0) is 0 Å². The first kappa shape index (κ1) is 17.2. The van der Waals surface area contributed by atoms with Crippen molar-refractivity contribution in [2.75, 3.05) is 36.0 Å². The highest BCUT2D eigenvalue weighted by molar-refractivity contribution is 5.81. The number of nitrogens with zero attached hydrogens (tertiary/aromatic N) is 6. The fourth-order valence-corrected chi connectivity index (χ4v) is 4.38. The molecule has 2 aromatic heterocycles. The van der Waals surface area contributed by atoms with E-state index >= 15 is 0 Å². The van der Waals surface area contributed by atoms with Crippen LogP contribution in [0.5, 0.6) is 0 Å². The number of anilines is 2. The molecule has 0 atom stereocenters. The van der Waals surface area contributed by atoms with E-state index in [1.54, 1.807) is 18.7 Å². The molecule has 144 valence electrons. The molecule has 0 N–H and O–H groups in total. The molecule has 0 unspecified atom stereocenters. The largest absolute Gasteiger partial charge is 0.368 e. The number of rotatable bonds is 3. The zero-order valence-corrected chi connectivity index (χ0v) is 15.9. The molecule has 5 rings (SSSR count). The second-order valence-electron chi connectivity index (χ2n) is 7.62. The van der Waals surface area contributed by atoms with Gasteiger partial charge in [0.05, 0.1) is 17.2 Å². The van der Waals surface area contributed by atoms with E-state index in [1.165, 1.54) is 12.8 Å². The zero-order valence-electron chi connectivity index (χ0n) is 15.9. The molecule has 2 fully saturated rings. The Morgan fingerprint density at radius 1 is 0.893 bits per heavy atom. The summed E-state index contributed by atoms with van der Waals surface area (Å²) in [4.78, 5) is 30.7. The van der Waals surface area contributed by atoms with E-state index in [-0.39, 0.29) is 5.56 Å². The molecule has 1 aromatic carbocycles. The predicted molar refractivity (Wildman–Crippen MR) is 110 cm³/mol. The maximum atomic E-state index is 12.9. The minimum atomic E-state index is 0.0921. The van der Waals surface area contributed by atoms with Gasteiger partial charge in [0.15, 0.2) is 0 Å². The summed E-state index contributed by atoms with van der Waals surface area (Å²) >= 11 is 0. The molecule has 3 heterocycles. The molecule has 1 saturated carbocycles. The minimum absolute atomic E-state index is 0.0921. The van der Waals surface area contributed by atoms with Gasteiger partial charge in [-0.15, -0.1) is 0 Å². The molecule has 0 bridgehead atoms. The lowest BCUT2D eigenvalue weighted by Crippen LogP contribution is -2.47. The molecular weight excluding hydrogens is 352 g/mol. The van der Waals surface area contributed by atoms with Crippen molar-refractivity contribution in [3.05, 3.63) is 53.3 Å². The first-order chi connectivity index (χ1) is 13.8. The highest BCUT2D eigenvalue weighted by Gasteiger charge is 2.21. The molecule has 0 spiro atoms. The van der Waals surface area contributed by atoms with Crippen LogP contribution in [0, 0.1) is 0 Å². The van der Waals surface area contributed by atoms with Gasteiger partial charge in [-0.05, 0) is 37.1 Å². The monoisotopic (exact) mass is 376 g/mol. The first-order valence-corrected chi connectivity index (χ1v) is 10.1. The van der Waals surface area contributed by atoms with Crippen LogP contribution in [0.1, 0.15) is 31.7 Å². The second-order valence-corrected chi connectivity index (χ2v) is 7.62. The third-order valence-corrected chi connectivity index (χ3v) is 5.97. The standard InChI is InChI=1S/C21H24N6O/c28-20-18-7-6-17(14-19(18)24-15-27(20)16-4-1-2-5-16)25-10-12-26(13-11-25)21-22-8-3-9-23-21/h3,6-9,14-16H,1-2,4-5,10-13H2. The van der Waals surface area contributed by atoms with Crippen LogP contribution in [0.3, 0.4) is 0 Å². The summed E-state index contributed by atoms with van der Waals surface area (Å²) in [6, 6.07) is 8.20. The van der Waals surface area contributed by atoms with Crippen LogP contribution in [0.15, 0.2) is 47.8 Å². The van der Waals surface area contributed by atoms with E-state index in [1.807, 2.05) is 22.8 Å². The van der Waals surface area contributed by atoms with Gasteiger partial charge in [-0.1, -0.05) is 12.8 Å². The maximum absolute atomic E-state index is 12.9. The Labute approximate surface area is 163 Å². The van der Waals surface area contributed by atoms with Crippen LogP contribution in [0.25, 0.3) is 10.9 Å². The molecule has 3 aromatic rings. The molecule has 1 saturated heterocycles. The van der Waals surface area contributed by atoms with Crippen molar-refractivity contribution >= 4 is 22.5 Å². The number of aromatic nitrogens is 4. The van der Waals surface area contributed by atoms with Crippen molar-refractivity contribution in [2.45, 2.75) is 31.7 Å². The summed E-state index contributed by atoms with van der Waals surface area (Å²) in [7, 11) is 0. The molecule has 7 nitrogen and oxygen atoms in total. The number of fused-ring (bicyclic) bond motifs is 1. The van der Waals surface area contributed by atoms with Crippen molar-refractivity contribution in [3.63, 3.8) is 0 Å². The summed E-state index contributed by atoms with van der Waals surface area (Å²) in [5.74, 6) is 0.787. The van der Waals surface area contributed by atoms with Gasteiger partial charge in [0.25, 0.3) is 5.56 Å². The highest BCUT2D eigenvalue weighted by Crippen LogP contribution is 2.28. The Kier molecular flexibility index (Phi) is 4.43. The summed E-state index contributed by atoms with van der Waals surface area (Å²) < 4.78 is 1.84. The fourth-order valence-electron chi connectivity index (χ4n) is 4.38. The van der Waals surface area contributed by atoms with Gasteiger partial charge in [-0.3, -0.25) is 9.36 Å². The summed E-state index contributed by atoms with van der Waals surface area (Å²) in [6.07, 6.45) is 9.88. The number of benzene rings is 1. The third kappa shape index (κ3) is 3.10. The minimum Gasteiger partial charge on any atom is -0.368 e. The molecular formula is C21H24N6O. The van der Waals surface area contributed by atoms with E-state index in [0.717, 1.165) is 61.6 Å². The fraction of sp³-hybridized carbons (Fsp3) is 0.429. The van der Waals surface area contributed by atoms with Crippen molar-refractivity contribution in [3.8, 4) is 0 Å². The topological polar surface area (TPSA) is 67.2 Å². The molecule has 0 amide bonds. The number of piperazine rings is 1. The van der Waals surface area contributed by atoms with Gasteiger partial charge >= 0.3 is 0 Å². The molecule has 1 aliphatic heterocycles. The zero-order chi connectivity index (χ0) is 18.9. The maximum Gasteiger partial charge on any atom is 0.261 e. The lowest BCUT2D eigenvalue weighted by Gasteiger charge is -2.36. The third-order valence-electron chi connectivity index (χ3n) is 5.97. The van der Waals surface area contributed by atoms with Crippen LogP contribution in [-0.4, -0.2) is 45.7 Å². The van der Waals surface area contributed by atoms with E-state index in [4.69, 9.17) is 0 Å². The average molecular weight is 376 g/mol. The number of hydrogen-bond donors (Lipinski definition) is 0. The quantitative estimate of drug-likeness (QED) is 0.700. The van der Waals surface area contributed by atoms with Crippen LogP contribution in [0.2, 0.25) is 0 Å². The van der Waals surface area contributed by atoms with Crippen LogP contribution in [0.4, 0.5) is 11.6 Å². The van der Waals surface area contributed by atoms with Crippen LogP contribution < -0.4 is 15.4 Å². The molecule has 2 aliphatic rings. The molecule has 0 radical (unpaired) electrons. The van der Waals surface area contributed by atoms with Gasteiger partial charge < -0.3 is 9.80 Å². The van der Waals surface area contributed by atoms with Crippen molar-refractivity contribution < 1.29 is 0 Å². The van der Waals surface area contributed by atoms with Crippen molar-refractivity contribution in [2.24, 2.45) is 0 Å². The first-order valence-electron chi connectivity index (χ1n) is 10.1. The lowest BCUT2D eigenvalue weighted by molar-refractivity contribution is 0.499. The molecule has 28 heavy (non-hydrogen) atoms. The van der Waals surface area contributed by atoms with E-state index < -0.39 is 0 Å². The Morgan fingerprint density at radius 3 is 2.36 bits per heavy atom. The van der Waals surface area contributed by atoms with Gasteiger partial charge in [0.2, 0.25) is 5.95 Å². The Hall–Kier alpha value is -2.96. The van der Waals surface area contributed by atoms with Crippen molar-refractivity contribution in [1.29, 1.82) is 0 Å².